The second-order valence-corrected chi connectivity index (χ2v) is 6.11. The molecule has 1 unspecified atom stereocenters. The molecule has 0 aromatic rings. The summed E-state index contributed by atoms with van der Waals surface area (Å²) in [6, 6.07) is 0.734. The first-order chi connectivity index (χ1) is 6.29. The molecule has 1 N–H and O–H groups in total. The quantitative estimate of drug-likeness (QED) is 0.698. The van der Waals surface area contributed by atoms with Gasteiger partial charge in [-0.15, -0.1) is 0 Å². The van der Waals surface area contributed by atoms with Crippen molar-refractivity contribution in [2.24, 2.45) is 0 Å². The van der Waals surface area contributed by atoms with Crippen molar-refractivity contribution in [3.05, 3.63) is 12.2 Å². The van der Waals surface area contributed by atoms with Gasteiger partial charge in [-0.2, -0.15) is 11.8 Å². The number of rotatable bonds is 3. The van der Waals surface area contributed by atoms with Crippen molar-refractivity contribution in [3.8, 4) is 0 Å². The highest BCUT2D eigenvalue weighted by molar-refractivity contribution is 8.00. The molecule has 0 radical (unpaired) electrons. The molecule has 2 aliphatic rings. The van der Waals surface area contributed by atoms with Gasteiger partial charge in [0.1, 0.15) is 0 Å². The maximum atomic E-state index is 3.68. The van der Waals surface area contributed by atoms with Crippen molar-refractivity contribution in [3.63, 3.8) is 0 Å². The Bertz CT molecular complexity index is 186. The molecule has 1 fully saturated rings. The van der Waals surface area contributed by atoms with E-state index >= 15 is 0 Å². The van der Waals surface area contributed by atoms with Gasteiger partial charge < -0.3 is 5.32 Å². The van der Waals surface area contributed by atoms with Crippen LogP contribution in [-0.4, -0.2) is 23.1 Å². The lowest BCUT2D eigenvalue weighted by Crippen LogP contribution is -2.38. The van der Waals surface area contributed by atoms with E-state index in [2.05, 4.69) is 36.2 Å². The monoisotopic (exact) mass is 197 g/mol. The molecule has 0 aromatic heterocycles. The van der Waals surface area contributed by atoms with Crippen molar-refractivity contribution in [2.45, 2.75) is 43.4 Å². The van der Waals surface area contributed by atoms with Gasteiger partial charge in [-0.05, 0) is 38.4 Å². The fourth-order valence-electron chi connectivity index (χ4n) is 2.12. The molecule has 0 amide bonds. The molecule has 0 aromatic carbocycles. The van der Waals surface area contributed by atoms with Crippen molar-refractivity contribution < 1.29 is 0 Å². The normalized spacial score (nSPS) is 34.5. The zero-order chi connectivity index (χ0) is 9.15. The summed E-state index contributed by atoms with van der Waals surface area (Å²) in [6.07, 6.45) is 9.86. The van der Waals surface area contributed by atoms with Crippen LogP contribution in [0.15, 0.2) is 12.2 Å². The largest absolute Gasteiger partial charge is 0.312 e. The summed E-state index contributed by atoms with van der Waals surface area (Å²) < 4.78 is 0.530. The molecule has 2 rings (SSSR count). The van der Waals surface area contributed by atoms with Gasteiger partial charge in [0, 0.05) is 17.3 Å². The maximum absolute atomic E-state index is 3.68. The summed E-state index contributed by atoms with van der Waals surface area (Å²) in [5.74, 6) is 1.36. The average Bonchev–Trinajstić information content (AvgIpc) is 2.72. The zero-order valence-electron chi connectivity index (χ0n) is 8.38. The van der Waals surface area contributed by atoms with E-state index in [-0.39, 0.29) is 0 Å². The summed E-state index contributed by atoms with van der Waals surface area (Å²) in [5, 5.41) is 3.68. The van der Waals surface area contributed by atoms with E-state index in [4.69, 9.17) is 0 Å². The summed E-state index contributed by atoms with van der Waals surface area (Å²) in [6.45, 7) is 3.60. The molecule has 13 heavy (non-hydrogen) atoms. The van der Waals surface area contributed by atoms with Crippen LogP contribution in [0, 0.1) is 0 Å². The highest BCUT2D eigenvalue weighted by Gasteiger charge is 2.29. The fraction of sp³-hybridized carbons (Fsp3) is 0.818. The van der Waals surface area contributed by atoms with Crippen LogP contribution >= 0.6 is 11.8 Å². The maximum Gasteiger partial charge on any atom is 0.0256 e. The Hall–Kier alpha value is 0.0500. The van der Waals surface area contributed by atoms with Gasteiger partial charge in [0.2, 0.25) is 0 Å². The van der Waals surface area contributed by atoms with Crippen LogP contribution in [0.1, 0.15) is 32.6 Å². The van der Waals surface area contributed by atoms with Gasteiger partial charge in [0.25, 0.3) is 0 Å². The van der Waals surface area contributed by atoms with E-state index in [1.165, 1.54) is 38.0 Å². The first-order valence-electron chi connectivity index (χ1n) is 5.31. The number of hydrogen-bond donors (Lipinski definition) is 1. The van der Waals surface area contributed by atoms with E-state index in [0.717, 1.165) is 6.04 Å². The number of nitrogens with one attached hydrogen (secondary N) is 1. The third-order valence-electron chi connectivity index (χ3n) is 3.07. The molecule has 1 nitrogen and oxygen atoms in total. The molecule has 1 aliphatic heterocycles. The predicted molar refractivity (Wildman–Crippen MR) is 60.3 cm³/mol. The van der Waals surface area contributed by atoms with Crippen LogP contribution in [0.2, 0.25) is 0 Å². The van der Waals surface area contributed by atoms with Crippen molar-refractivity contribution in [1.29, 1.82) is 0 Å². The third-order valence-corrected chi connectivity index (χ3v) is 4.61. The van der Waals surface area contributed by atoms with Crippen molar-refractivity contribution >= 4 is 11.8 Å². The van der Waals surface area contributed by atoms with Crippen LogP contribution in [0.3, 0.4) is 0 Å². The molecule has 1 atom stereocenters. The first kappa shape index (κ1) is 9.60. The Labute approximate surface area is 85.4 Å². The van der Waals surface area contributed by atoms with E-state index in [1.54, 1.807) is 0 Å². The Morgan fingerprint density at radius 1 is 1.46 bits per heavy atom. The molecular formula is C11H19NS. The molecule has 1 saturated heterocycles. The summed E-state index contributed by atoms with van der Waals surface area (Å²) in [7, 11) is 0. The zero-order valence-corrected chi connectivity index (χ0v) is 9.20. The van der Waals surface area contributed by atoms with Crippen LogP contribution in [0.25, 0.3) is 0 Å². The molecule has 2 heteroatoms. The Balaban J connectivity index is 1.72. The van der Waals surface area contributed by atoms with Crippen LogP contribution in [0.5, 0.6) is 0 Å². The van der Waals surface area contributed by atoms with Gasteiger partial charge in [-0.25, -0.2) is 0 Å². The van der Waals surface area contributed by atoms with E-state index in [1.807, 2.05) is 0 Å². The van der Waals surface area contributed by atoms with Crippen LogP contribution < -0.4 is 5.32 Å². The van der Waals surface area contributed by atoms with Gasteiger partial charge in [0.05, 0.1) is 0 Å². The topological polar surface area (TPSA) is 12.0 Å². The predicted octanol–water partition coefficient (Wildman–Crippen LogP) is 2.58. The van der Waals surface area contributed by atoms with E-state index in [0.29, 0.717) is 4.75 Å². The fourth-order valence-corrected chi connectivity index (χ4v) is 3.38. The van der Waals surface area contributed by atoms with Crippen LogP contribution in [0.4, 0.5) is 0 Å². The van der Waals surface area contributed by atoms with Gasteiger partial charge in [0.15, 0.2) is 0 Å². The molecule has 74 valence electrons. The van der Waals surface area contributed by atoms with Gasteiger partial charge in [-0.3, -0.25) is 0 Å². The SMILES string of the molecule is CC1(CNC2CC=CC2)CCCS1. The van der Waals surface area contributed by atoms with Crippen molar-refractivity contribution in [1.82, 2.24) is 5.32 Å². The van der Waals surface area contributed by atoms with Crippen molar-refractivity contribution in [2.75, 3.05) is 12.3 Å². The molecular weight excluding hydrogens is 178 g/mol. The van der Waals surface area contributed by atoms with E-state index < -0.39 is 0 Å². The highest BCUT2D eigenvalue weighted by Crippen LogP contribution is 2.37. The Morgan fingerprint density at radius 2 is 2.23 bits per heavy atom. The lowest BCUT2D eigenvalue weighted by molar-refractivity contribution is 0.473. The molecule has 0 spiro atoms. The second kappa shape index (κ2) is 4.05. The second-order valence-electron chi connectivity index (χ2n) is 4.42. The minimum Gasteiger partial charge on any atom is -0.312 e. The summed E-state index contributed by atoms with van der Waals surface area (Å²) in [4.78, 5) is 0. The van der Waals surface area contributed by atoms with Gasteiger partial charge in [-0.1, -0.05) is 12.2 Å². The molecule has 1 heterocycles. The molecule has 1 aliphatic carbocycles. The smallest absolute Gasteiger partial charge is 0.0256 e. The molecule has 0 saturated carbocycles. The number of hydrogen-bond acceptors (Lipinski definition) is 2. The third kappa shape index (κ3) is 2.50. The van der Waals surface area contributed by atoms with Gasteiger partial charge >= 0.3 is 0 Å². The van der Waals surface area contributed by atoms with Crippen LogP contribution in [-0.2, 0) is 0 Å². The Morgan fingerprint density at radius 3 is 2.85 bits per heavy atom. The molecule has 0 bridgehead atoms. The summed E-state index contributed by atoms with van der Waals surface area (Å²) in [5.41, 5.74) is 0. The number of thioether (sulfide) groups is 1. The minimum absolute atomic E-state index is 0.530. The Kier molecular flexibility index (Phi) is 2.99. The summed E-state index contributed by atoms with van der Waals surface area (Å²) >= 11 is 2.15. The minimum atomic E-state index is 0.530. The highest BCUT2D eigenvalue weighted by atomic mass is 32.2. The standard InChI is InChI=1S/C11H19NS/c1-11(7-4-8-13-11)9-12-10-5-2-3-6-10/h2-3,10,12H,4-9H2,1H3. The van der Waals surface area contributed by atoms with E-state index in [9.17, 15) is 0 Å². The first-order valence-corrected chi connectivity index (χ1v) is 6.29. The lowest BCUT2D eigenvalue weighted by Gasteiger charge is -2.25. The lowest BCUT2D eigenvalue weighted by atomic mass is 10.1. The average molecular weight is 197 g/mol.